The van der Waals surface area contributed by atoms with Crippen LogP contribution in [0.4, 0.5) is 10.1 Å². The largest absolute Gasteiger partial charge is 0.387 e. The number of ether oxygens (including phenoxy) is 2. The van der Waals surface area contributed by atoms with Crippen LogP contribution in [-0.4, -0.2) is 78.2 Å². The Kier molecular flexibility index (Phi) is 6.41. The van der Waals surface area contributed by atoms with Gasteiger partial charge >= 0.3 is 7.60 Å². The van der Waals surface area contributed by atoms with Crippen LogP contribution < -0.4 is 5.32 Å². The number of pyridine rings is 1. The molecule has 4 atom stereocenters. The van der Waals surface area contributed by atoms with Gasteiger partial charge in [0.2, 0.25) is 0 Å². The summed E-state index contributed by atoms with van der Waals surface area (Å²) in [6.07, 6.45) is -5.03. The van der Waals surface area contributed by atoms with Crippen LogP contribution in [0.2, 0.25) is 5.15 Å². The molecule has 2 fully saturated rings. The van der Waals surface area contributed by atoms with Crippen molar-refractivity contribution in [2.45, 2.75) is 49.6 Å². The Bertz CT molecular complexity index is 1100. The van der Waals surface area contributed by atoms with Gasteiger partial charge in [0, 0.05) is 6.04 Å². The zero-order valence-electron chi connectivity index (χ0n) is 16.4. The molecule has 0 radical (unpaired) electrons. The Morgan fingerprint density at radius 3 is 2.75 bits per heavy atom. The number of aliphatic hydroxyl groups is 2. The van der Waals surface area contributed by atoms with Crippen LogP contribution in [-0.2, 0) is 14.0 Å². The van der Waals surface area contributed by atoms with Crippen LogP contribution in [0.1, 0.15) is 24.6 Å². The van der Waals surface area contributed by atoms with Crippen molar-refractivity contribution in [3.63, 3.8) is 0 Å². The van der Waals surface area contributed by atoms with E-state index in [4.69, 9.17) is 30.9 Å². The monoisotopic (exact) mass is 491 g/mol. The van der Waals surface area contributed by atoms with Crippen LogP contribution in [0.5, 0.6) is 0 Å². The predicted molar refractivity (Wildman–Crippen MR) is 108 cm³/mol. The van der Waals surface area contributed by atoms with E-state index in [-0.39, 0.29) is 41.9 Å². The van der Waals surface area contributed by atoms with Gasteiger partial charge in [-0.2, -0.15) is 10.4 Å². The summed E-state index contributed by atoms with van der Waals surface area (Å²) in [5.41, 5.74) is 0.554. The van der Waals surface area contributed by atoms with Crippen LogP contribution in [0, 0.1) is 11.3 Å². The number of anilines is 1. The minimum Gasteiger partial charge on any atom is -0.387 e. The highest BCUT2D eigenvalue weighted by Gasteiger charge is 2.45. The lowest BCUT2D eigenvalue weighted by molar-refractivity contribution is -0.0658. The maximum atomic E-state index is 13.2. The van der Waals surface area contributed by atoms with Gasteiger partial charge in [-0.25, -0.2) is 14.1 Å². The minimum atomic E-state index is -4.41. The van der Waals surface area contributed by atoms with Gasteiger partial charge < -0.3 is 34.8 Å². The molecular weight excluding hydrogens is 472 g/mol. The first kappa shape index (κ1) is 23.3. The molecule has 4 rings (SSSR count). The number of halogens is 2. The molecule has 3 heterocycles. The fraction of sp³-hybridized carbons (Fsp3) is 0.588. The molecule has 32 heavy (non-hydrogen) atoms. The second-order valence-corrected chi connectivity index (χ2v) is 9.66. The third-order valence-electron chi connectivity index (χ3n) is 5.36. The first-order valence-corrected chi connectivity index (χ1v) is 11.8. The van der Waals surface area contributed by atoms with Crippen molar-refractivity contribution in [1.82, 2.24) is 14.8 Å². The lowest BCUT2D eigenvalue weighted by atomic mass is 9.90. The van der Waals surface area contributed by atoms with Crippen molar-refractivity contribution in [3.05, 3.63) is 16.9 Å². The fourth-order valence-corrected chi connectivity index (χ4v) is 4.26. The average Bonchev–Trinajstić information content (AvgIpc) is 3.21. The molecule has 1 saturated heterocycles. The van der Waals surface area contributed by atoms with Crippen LogP contribution in [0.15, 0.2) is 6.20 Å². The molecule has 0 aromatic carbocycles. The molecule has 2 aromatic rings. The maximum Gasteiger partial charge on any atom is 0.350 e. The Morgan fingerprint density at radius 1 is 1.41 bits per heavy atom. The van der Waals surface area contributed by atoms with E-state index < -0.39 is 44.7 Å². The summed E-state index contributed by atoms with van der Waals surface area (Å²) in [5.74, 6) is 0. The standard InChI is InChI=1S/C17H20ClFN5O7P/c18-15-9(3-20)12(22-8-1-7(19)2-8)10-4-21-24(16(10)23-15)17-14(26)13(25)11(31-17)5-30-6-32(27,28)29/h4,7-8,11,13-14,17,25-26H,1-2,5-6H2,(H,22,23)(H2,27,28,29)/t7?,8?,11-,13-,14-,17-/m1/s1. The molecule has 0 unspecified atom stereocenters. The average molecular weight is 492 g/mol. The molecule has 0 amide bonds. The van der Waals surface area contributed by atoms with E-state index in [9.17, 15) is 24.4 Å². The van der Waals surface area contributed by atoms with Crippen molar-refractivity contribution >= 4 is 35.9 Å². The molecule has 0 spiro atoms. The number of nitrogens with zero attached hydrogens (tertiary/aromatic N) is 4. The number of fused-ring (bicyclic) bond motifs is 1. The summed E-state index contributed by atoms with van der Waals surface area (Å²) in [5, 5.41) is 37.8. The number of hydrogen-bond donors (Lipinski definition) is 5. The molecule has 2 aliphatic rings. The first-order chi connectivity index (χ1) is 15.1. The predicted octanol–water partition coefficient (Wildman–Crippen LogP) is 0.640. The minimum absolute atomic E-state index is 0.0673. The highest BCUT2D eigenvalue weighted by atomic mass is 35.5. The van der Waals surface area contributed by atoms with Crippen molar-refractivity contribution in [2.75, 3.05) is 18.3 Å². The van der Waals surface area contributed by atoms with Gasteiger partial charge in [-0.1, -0.05) is 11.6 Å². The van der Waals surface area contributed by atoms with Gasteiger partial charge in [-0.05, 0) is 12.8 Å². The fourth-order valence-electron chi connectivity index (χ4n) is 3.70. The lowest BCUT2D eigenvalue weighted by Crippen LogP contribution is -2.36. The molecule has 1 aliphatic carbocycles. The van der Waals surface area contributed by atoms with Gasteiger partial charge in [0.05, 0.1) is 23.9 Å². The summed E-state index contributed by atoms with van der Waals surface area (Å²) in [6, 6.07) is 1.78. The van der Waals surface area contributed by atoms with Crippen molar-refractivity contribution in [1.29, 1.82) is 5.26 Å². The molecule has 1 saturated carbocycles. The number of rotatable bonds is 7. The number of aliphatic hydroxyl groups excluding tert-OH is 2. The van der Waals surface area contributed by atoms with E-state index in [1.165, 1.54) is 10.9 Å². The van der Waals surface area contributed by atoms with E-state index in [0.717, 1.165) is 0 Å². The summed E-state index contributed by atoms with van der Waals surface area (Å²) in [7, 11) is -4.41. The zero-order valence-corrected chi connectivity index (χ0v) is 18.0. The van der Waals surface area contributed by atoms with E-state index in [1.807, 2.05) is 6.07 Å². The zero-order chi connectivity index (χ0) is 23.2. The number of nitrogens with one attached hydrogen (secondary N) is 1. The van der Waals surface area contributed by atoms with Gasteiger partial charge in [0.1, 0.15) is 42.5 Å². The van der Waals surface area contributed by atoms with E-state index in [1.54, 1.807) is 0 Å². The Labute approximate surface area is 185 Å². The van der Waals surface area contributed by atoms with Crippen LogP contribution in [0.3, 0.4) is 0 Å². The van der Waals surface area contributed by atoms with Gasteiger partial charge in [0.25, 0.3) is 0 Å². The topological polar surface area (TPSA) is 183 Å². The van der Waals surface area contributed by atoms with Crippen molar-refractivity contribution in [3.8, 4) is 6.07 Å². The van der Waals surface area contributed by atoms with Crippen LogP contribution >= 0.6 is 19.2 Å². The quantitative estimate of drug-likeness (QED) is 0.270. The lowest BCUT2D eigenvalue weighted by Gasteiger charge is -2.31. The Morgan fingerprint density at radius 2 is 2.12 bits per heavy atom. The molecule has 174 valence electrons. The van der Waals surface area contributed by atoms with Crippen molar-refractivity contribution in [2.24, 2.45) is 0 Å². The number of nitriles is 1. The van der Waals surface area contributed by atoms with Crippen molar-refractivity contribution < 1.29 is 38.4 Å². The SMILES string of the molecule is N#Cc1c(Cl)nc2c(cnn2[C@@H]2O[C@H](COCP(=O)(O)O)[C@@H](O)[C@H]2O)c1NC1CC(F)C1. The summed E-state index contributed by atoms with van der Waals surface area (Å²) in [6.45, 7) is -0.384. The highest BCUT2D eigenvalue weighted by Crippen LogP contribution is 2.38. The second kappa shape index (κ2) is 8.81. The van der Waals surface area contributed by atoms with E-state index in [2.05, 4.69) is 15.4 Å². The summed E-state index contributed by atoms with van der Waals surface area (Å²) in [4.78, 5) is 21.9. The van der Waals surface area contributed by atoms with Gasteiger partial charge in [-0.3, -0.25) is 4.57 Å². The third-order valence-corrected chi connectivity index (χ3v) is 6.15. The second-order valence-electron chi connectivity index (χ2n) is 7.71. The Balaban J connectivity index is 1.61. The van der Waals surface area contributed by atoms with E-state index in [0.29, 0.717) is 11.1 Å². The third kappa shape index (κ3) is 4.46. The summed E-state index contributed by atoms with van der Waals surface area (Å²) < 4.78 is 35.9. The molecule has 12 nitrogen and oxygen atoms in total. The number of aromatic nitrogens is 3. The van der Waals surface area contributed by atoms with E-state index >= 15 is 0 Å². The smallest absolute Gasteiger partial charge is 0.350 e. The van der Waals surface area contributed by atoms with Gasteiger partial charge in [-0.15, -0.1) is 0 Å². The molecule has 2 aromatic heterocycles. The number of hydrogen-bond acceptors (Lipinski definition) is 9. The first-order valence-electron chi connectivity index (χ1n) is 9.60. The number of alkyl halides is 1. The Hall–Kier alpha value is -1.88. The highest BCUT2D eigenvalue weighted by molar-refractivity contribution is 7.51. The van der Waals surface area contributed by atoms with Crippen LogP contribution in [0.25, 0.3) is 11.0 Å². The molecule has 0 bridgehead atoms. The molecule has 5 N–H and O–H groups in total. The summed E-state index contributed by atoms with van der Waals surface area (Å²) >= 11 is 6.19. The molecule has 15 heteroatoms. The van der Waals surface area contributed by atoms with Gasteiger partial charge in [0.15, 0.2) is 17.0 Å². The molecule has 1 aliphatic heterocycles. The maximum absolute atomic E-state index is 13.2. The molecular formula is C17H20ClFN5O7P. The normalized spacial score (nSPS) is 30.3.